The molecule has 2 heterocycles. The molecule has 1 aromatic carbocycles. The fourth-order valence-corrected chi connectivity index (χ4v) is 3.57. The predicted octanol–water partition coefficient (Wildman–Crippen LogP) is 1.71. The second-order valence-corrected chi connectivity index (χ2v) is 6.66. The molecule has 138 valence electrons. The number of nitrogens with one attached hydrogen (secondary N) is 1. The second kappa shape index (κ2) is 7.27. The standard InChI is InChI=1S/C19H23N3O4/c1-3-9-21(10-4-2)12-5-6-13-14(11-12)19(26)22(18(13)25)15-7-8-16(23)20-17(15)24/h5-6,11,15H,3-4,7-10H2,1-2H3,(H,20,23,24). The zero-order valence-electron chi connectivity index (χ0n) is 15.1. The Morgan fingerprint density at radius 1 is 1.04 bits per heavy atom. The largest absolute Gasteiger partial charge is 0.372 e. The number of benzene rings is 1. The summed E-state index contributed by atoms with van der Waals surface area (Å²) >= 11 is 0. The van der Waals surface area contributed by atoms with Crippen LogP contribution in [0.25, 0.3) is 0 Å². The lowest BCUT2D eigenvalue weighted by molar-refractivity contribution is -0.136. The average Bonchev–Trinajstić information content (AvgIpc) is 2.86. The molecule has 1 saturated heterocycles. The third-order valence-electron chi connectivity index (χ3n) is 4.78. The van der Waals surface area contributed by atoms with Crippen molar-refractivity contribution in [3.63, 3.8) is 0 Å². The molecule has 4 amide bonds. The van der Waals surface area contributed by atoms with Gasteiger partial charge in [0.05, 0.1) is 11.1 Å². The van der Waals surface area contributed by atoms with Gasteiger partial charge in [-0.3, -0.25) is 29.4 Å². The van der Waals surface area contributed by atoms with Crippen molar-refractivity contribution in [1.29, 1.82) is 0 Å². The molecule has 3 rings (SSSR count). The average molecular weight is 357 g/mol. The van der Waals surface area contributed by atoms with Gasteiger partial charge in [-0.15, -0.1) is 0 Å². The summed E-state index contributed by atoms with van der Waals surface area (Å²) in [6.45, 7) is 5.92. The summed E-state index contributed by atoms with van der Waals surface area (Å²) in [6.07, 6.45) is 2.25. The van der Waals surface area contributed by atoms with E-state index in [1.807, 2.05) is 6.07 Å². The van der Waals surface area contributed by atoms with Crippen LogP contribution in [0.1, 0.15) is 60.2 Å². The van der Waals surface area contributed by atoms with Crippen molar-refractivity contribution in [3.05, 3.63) is 29.3 Å². The van der Waals surface area contributed by atoms with Crippen molar-refractivity contribution in [1.82, 2.24) is 10.2 Å². The van der Waals surface area contributed by atoms with E-state index in [9.17, 15) is 19.2 Å². The lowest BCUT2D eigenvalue weighted by Crippen LogP contribution is -2.54. The van der Waals surface area contributed by atoms with E-state index in [-0.39, 0.29) is 18.7 Å². The highest BCUT2D eigenvalue weighted by molar-refractivity contribution is 6.23. The van der Waals surface area contributed by atoms with Gasteiger partial charge in [0.15, 0.2) is 0 Å². The molecule has 1 N–H and O–H groups in total. The molecule has 0 radical (unpaired) electrons. The third-order valence-corrected chi connectivity index (χ3v) is 4.78. The van der Waals surface area contributed by atoms with E-state index in [2.05, 4.69) is 24.1 Å². The molecule has 0 aromatic heterocycles. The summed E-state index contributed by atoms with van der Waals surface area (Å²) in [7, 11) is 0. The first-order valence-corrected chi connectivity index (χ1v) is 9.08. The molecule has 0 bridgehead atoms. The van der Waals surface area contributed by atoms with Gasteiger partial charge in [-0.25, -0.2) is 0 Å². The van der Waals surface area contributed by atoms with Crippen LogP contribution in [-0.4, -0.2) is 47.7 Å². The minimum atomic E-state index is -0.925. The van der Waals surface area contributed by atoms with E-state index >= 15 is 0 Å². The Labute approximate surface area is 152 Å². The SMILES string of the molecule is CCCN(CCC)c1ccc2c(c1)C(=O)N(C1CCC(=O)NC1=O)C2=O. The van der Waals surface area contributed by atoms with Crippen LogP contribution >= 0.6 is 0 Å². The Bertz CT molecular complexity index is 768. The normalized spacial score (nSPS) is 19.6. The summed E-state index contributed by atoms with van der Waals surface area (Å²) in [4.78, 5) is 52.2. The maximum Gasteiger partial charge on any atom is 0.262 e. The lowest BCUT2D eigenvalue weighted by atomic mass is 10.0. The van der Waals surface area contributed by atoms with Crippen LogP contribution < -0.4 is 10.2 Å². The topological polar surface area (TPSA) is 86.8 Å². The number of hydrogen-bond acceptors (Lipinski definition) is 5. The maximum absolute atomic E-state index is 12.8. The molecule has 1 fully saturated rings. The first-order chi connectivity index (χ1) is 12.5. The van der Waals surface area contributed by atoms with E-state index in [1.165, 1.54) is 0 Å². The first kappa shape index (κ1) is 18.1. The Balaban J connectivity index is 1.90. The van der Waals surface area contributed by atoms with Crippen molar-refractivity contribution in [2.24, 2.45) is 0 Å². The van der Waals surface area contributed by atoms with E-state index in [0.29, 0.717) is 11.1 Å². The van der Waals surface area contributed by atoms with Crippen molar-refractivity contribution in [2.45, 2.75) is 45.6 Å². The van der Waals surface area contributed by atoms with Crippen LogP contribution in [0.5, 0.6) is 0 Å². The summed E-state index contributed by atoms with van der Waals surface area (Å²) in [5.74, 6) is -1.90. The molecular formula is C19H23N3O4. The molecule has 2 aliphatic heterocycles. The Morgan fingerprint density at radius 3 is 2.31 bits per heavy atom. The van der Waals surface area contributed by atoms with Gasteiger partial charge < -0.3 is 4.90 Å². The number of amides is 4. The molecule has 26 heavy (non-hydrogen) atoms. The zero-order chi connectivity index (χ0) is 18.8. The fourth-order valence-electron chi connectivity index (χ4n) is 3.57. The predicted molar refractivity (Wildman–Crippen MR) is 95.9 cm³/mol. The van der Waals surface area contributed by atoms with Crippen LogP contribution in [0.4, 0.5) is 5.69 Å². The molecule has 0 saturated carbocycles. The number of rotatable bonds is 6. The molecule has 2 aliphatic rings. The maximum atomic E-state index is 12.8. The van der Waals surface area contributed by atoms with Gasteiger partial charge in [-0.05, 0) is 37.5 Å². The second-order valence-electron chi connectivity index (χ2n) is 6.66. The minimum Gasteiger partial charge on any atom is -0.372 e. The van der Waals surface area contributed by atoms with Crippen molar-refractivity contribution >= 4 is 29.3 Å². The Kier molecular flexibility index (Phi) is 5.06. The number of carbonyl (C=O) groups excluding carboxylic acids is 4. The Hall–Kier alpha value is -2.70. The molecular weight excluding hydrogens is 334 g/mol. The quantitative estimate of drug-likeness (QED) is 0.783. The van der Waals surface area contributed by atoms with E-state index < -0.39 is 23.8 Å². The van der Waals surface area contributed by atoms with Crippen molar-refractivity contribution in [3.8, 4) is 0 Å². The van der Waals surface area contributed by atoms with Crippen molar-refractivity contribution in [2.75, 3.05) is 18.0 Å². The number of anilines is 1. The van der Waals surface area contributed by atoms with Crippen LogP contribution in [0.2, 0.25) is 0 Å². The number of fused-ring (bicyclic) bond motifs is 1. The minimum absolute atomic E-state index is 0.121. The van der Waals surface area contributed by atoms with Crippen LogP contribution in [0, 0.1) is 0 Å². The van der Waals surface area contributed by atoms with Gasteiger partial charge in [0.1, 0.15) is 6.04 Å². The number of imide groups is 2. The van der Waals surface area contributed by atoms with Gasteiger partial charge in [0, 0.05) is 25.2 Å². The van der Waals surface area contributed by atoms with Gasteiger partial charge in [-0.1, -0.05) is 13.8 Å². The first-order valence-electron chi connectivity index (χ1n) is 9.08. The van der Waals surface area contributed by atoms with Crippen LogP contribution in [0.15, 0.2) is 18.2 Å². The molecule has 0 spiro atoms. The highest BCUT2D eigenvalue weighted by atomic mass is 16.2. The summed E-state index contributed by atoms with van der Waals surface area (Å²) in [5.41, 5.74) is 1.55. The van der Waals surface area contributed by atoms with E-state index in [4.69, 9.17) is 0 Å². The van der Waals surface area contributed by atoms with Gasteiger partial charge >= 0.3 is 0 Å². The van der Waals surface area contributed by atoms with Gasteiger partial charge in [-0.2, -0.15) is 0 Å². The van der Waals surface area contributed by atoms with E-state index in [1.54, 1.807) is 12.1 Å². The molecule has 1 atom stereocenters. The molecule has 0 aliphatic carbocycles. The lowest BCUT2D eigenvalue weighted by Gasteiger charge is -2.27. The van der Waals surface area contributed by atoms with Crippen LogP contribution in [0.3, 0.4) is 0 Å². The highest BCUT2D eigenvalue weighted by Gasteiger charge is 2.44. The Morgan fingerprint density at radius 2 is 1.69 bits per heavy atom. The number of hydrogen-bond donors (Lipinski definition) is 1. The number of piperidine rings is 1. The zero-order valence-corrected chi connectivity index (χ0v) is 15.1. The number of carbonyl (C=O) groups is 4. The summed E-state index contributed by atoms with van der Waals surface area (Å²) in [5, 5.41) is 2.21. The summed E-state index contributed by atoms with van der Waals surface area (Å²) < 4.78 is 0. The van der Waals surface area contributed by atoms with Gasteiger partial charge in [0.25, 0.3) is 11.8 Å². The fraction of sp³-hybridized carbons (Fsp3) is 0.474. The molecule has 7 nitrogen and oxygen atoms in total. The molecule has 7 heteroatoms. The molecule has 1 unspecified atom stereocenters. The smallest absolute Gasteiger partial charge is 0.262 e. The highest BCUT2D eigenvalue weighted by Crippen LogP contribution is 2.30. The third kappa shape index (κ3) is 3.09. The van der Waals surface area contributed by atoms with Crippen LogP contribution in [-0.2, 0) is 9.59 Å². The summed E-state index contributed by atoms with van der Waals surface area (Å²) in [6, 6.07) is 4.33. The van der Waals surface area contributed by atoms with Gasteiger partial charge in [0.2, 0.25) is 11.8 Å². The molecule has 1 aromatic rings. The van der Waals surface area contributed by atoms with Crippen molar-refractivity contribution < 1.29 is 19.2 Å². The number of nitrogens with zero attached hydrogens (tertiary/aromatic N) is 2. The monoisotopic (exact) mass is 357 g/mol. The van der Waals surface area contributed by atoms with E-state index in [0.717, 1.165) is 36.5 Å².